The van der Waals surface area contributed by atoms with Gasteiger partial charge in [-0.3, -0.25) is 19.4 Å². The lowest BCUT2D eigenvalue weighted by Crippen LogP contribution is -2.58. The Morgan fingerprint density at radius 3 is 2.30 bits per heavy atom. The van der Waals surface area contributed by atoms with Crippen molar-refractivity contribution < 1.29 is 29.4 Å². The van der Waals surface area contributed by atoms with Gasteiger partial charge < -0.3 is 48.3 Å². The number of carboxylic acids is 1. The zero-order valence-corrected chi connectivity index (χ0v) is 21.7. The number of carboxylic acid groups (broad SMARTS) is 1. The summed E-state index contributed by atoms with van der Waals surface area (Å²) in [7, 11) is 0. The highest BCUT2D eigenvalue weighted by atomic mass is 32.2. The van der Waals surface area contributed by atoms with Crippen LogP contribution >= 0.6 is 11.8 Å². The van der Waals surface area contributed by atoms with Crippen LogP contribution in [0.3, 0.4) is 0 Å². The molecule has 0 aliphatic heterocycles. The Kier molecular flexibility index (Phi) is 14.0. The Morgan fingerprint density at radius 2 is 1.76 bits per heavy atom. The van der Waals surface area contributed by atoms with Crippen LogP contribution in [-0.4, -0.2) is 98.7 Å². The molecule has 12 N–H and O–H groups in total. The molecule has 0 radical (unpaired) electrons. The second-order valence-corrected chi connectivity index (χ2v) is 9.29. The number of aromatic amines is 1. The number of aliphatic hydroxyl groups excluding tert-OH is 1. The van der Waals surface area contributed by atoms with Gasteiger partial charge >= 0.3 is 5.97 Å². The van der Waals surface area contributed by atoms with Gasteiger partial charge in [0.2, 0.25) is 17.7 Å². The molecule has 0 aliphatic carbocycles. The molecule has 0 saturated carbocycles. The monoisotopic (exact) mass is 543 g/mol. The number of nitrogens with two attached hydrogens (primary N) is 3. The van der Waals surface area contributed by atoms with E-state index in [9.17, 15) is 29.4 Å². The van der Waals surface area contributed by atoms with Gasteiger partial charge in [0.15, 0.2) is 12.0 Å². The zero-order chi connectivity index (χ0) is 28.0. The average Bonchev–Trinajstić information content (AvgIpc) is 3.34. The number of carbonyl (C=O) groups excluding carboxylic acids is 3. The van der Waals surface area contributed by atoms with Crippen molar-refractivity contribution in [1.29, 1.82) is 0 Å². The number of hydrogen-bond acceptors (Lipinski definition) is 9. The minimum Gasteiger partial charge on any atom is -0.480 e. The number of rotatable bonds is 17. The average molecular weight is 544 g/mol. The predicted octanol–water partition coefficient (Wildman–Crippen LogP) is -2.99. The predicted molar refractivity (Wildman–Crippen MR) is 138 cm³/mol. The maximum atomic E-state index is 13.2. The lowest BCUT2D eigenvalue weighted by molar-refractivity contribution is -0.145. The van der Waals surface area contributed by atoms with Gasteiger partial charge in [0, 0.05) is 24.9 Å². The molecule has 0 aliphatic rings. The molecule has 1 rings (SSSR count). The van der Waals surface area contributed by atoms with Gasteiger partial charge in [-0.2, -0.15) is 11.8 Å². The number of hydrogen-bond donors (Lipinski definition) is 9. The Morgan fingerprint density at radius 1 is 1.11 bits per heavy atom. The van der Waals surface area contributed by atoms with E-state index in [1.165, 1.54) is 31.2 Å². The number of aliphatic hydroxyl groups is 1. The van der Waals surface area contributed by atoms with Crippen molar-refractivity contribution in [3.8, 4) is 0 Å². The largest absolute Gasteiger partial charge is 0.480 e. The molecular formula is C21H37N9O6S. The van der Waals surface area contributed by atoms with Crippen LogP contribution in [0.15, 0.2) is 17.5 Å². The summed E-state index contributed by atoms with van der Waals surface area (Å²) in [6, 6.07) is -4.77. The van der Waals surface area contributed by atoms with E-state index in [1.54, 1.807) is 0 Å². The number of imidazole rings is 1. The Balaban J connectivity index is 3.07. The number of nitrogens with one attached hydrogen (secondary N) is 4. The van der Waals surface area contributed by atoms with Crippen LogP contribution in [0.2, 0.25) is 0 Å². The highest BCUT2D eigenvalue weighted by Gasteiger charge is 2.32. The molecule has 0 fully saturated rings. The topological polar surface area (TPSA) is 264 Å². The maximum Gasteiger partial charge on any atom is 0.328 e. The summed E-state index contributed by atoms with van der Waals surface area (Å²) in [6.45, 7) is 1.36. The molecule has 208 valence electrons. The third kappa shape index (κ3) is 11.9. The van der Waals surface area contributed by atoms with Gasteiger partial charge in [0.25, 0.3) is 0 Å². The molecule has 0 spiro atoms. The van der Waals surface area contributed by atoms with Gasteiger partial charge in [0.05, 0.1) is 18.5 Å². The number of aromatic nitrogens is 2. The highest BCUT2D eigenvalue weighted by molar-refractivity contribution is 7.98. The third-order valence-corrected chi connectivity index (χ3v) is 5.85. The lowest BCUT2D eigenvalue weighted by atomic mass is 10.1. The summed E-state index contributed by atoms with van der Waals surface area (Å²) in [6.07, 6.45) is 4.12. The van der Waals surface area contributed by atoms with Crippen LogP contribution in [0, 0.1) is 0 Å². The quantitative estimate of drug-likeness (QED) is 0.0543. The fourth-order valence-electron chi connectivity index (χ4n) is 3.17. The summed E-state index contributed by atoms with van der Waals surface area (Å²) in [4.78, 5) is 60.8. The number of nitrogens with zero attached hydrogens (tertiary/aromatic N) is 2. The fourth-order valence-corrected chi connectivity index (χ4v) is 3.66. The second-order valence-electron chi connectivity index (χ2n) is 8.31. The molecule has 16 heteroatoms. The first-order valence-electron chi connectivity index (χ1n) is 11.5. The van der Waals surface area contributed by atoms with E-state index in [1.807, 2.05) is 6.26 Å². The van der Waals surface area contributed by atoms with Crippen LogP contribution < -0.4 is 33.2 Å². The van der Waals surface area contributed by atoms with E-state index in [-0.39, 0.29) is 31.8 Å². The third-order valence-electron chi connectivity index (χ3n) is 5.21. The molecule has 0 saturated heterocycles. The number of thioether (sulfide) groups is 1. The number of carbonyl (C=O) groups is 4. The smallest absolute Gasteiger partial charge is 0.328 e. The SMILES string of the molecule is CSCCC(N)C(=O)NC(Cc1cnc[nH]1)C(=O)NC(CCCN=C(N)N)C(=O)NC(C(=O)O)C(C)O. The molecule has 5 unspecified atom stereocenters. The van der Waals surface area contributed by atoms with Crippen molar-refractivity contribution in [2.45, 2.75) is 62.9 Å². The summed E-state index contributed by atoms with van der Waals surface area (Å²) in [5, 5.41) is 26.4. The van der Waals surface area contributed by atoms with Gasteiger partial charge in [-0.25, -0.2) is 9.78 Å². The Labute approximate surface area is 218 Å². The molecule has 1 aromatic heterocycles. The Bertz CT molecular complexity index is 908. The van der Waals surface area contributed by atoms with Crippen LogP contribution in [0.25, 0.3) is 0 Å². The number of guanidine groups is 1. The second kappa shape index (κ2) is 16.4. The van der Waals surface area contributed by atoms with Gasteiger partial charge in [-0.1, -0.05) is 0 Å². The minimum atomic E-state index is -1.60. The molecule has 0 aromatic carbocycles. The van der Waals surface area contributed by atoms with E-state index >= 15 is 0 Å². The molecular weight excluding hydrogens is 506 g/mol. The van der Waals surface area contributed by atoms with E-state index in [2.05, 4.69) is 30.9 Å². The highest BCUT2D eigenvalue weighted by Crippen LogP contribution is 2.06. The minimum absolute atomic E-state index is 0.0284. The van der Waals surface area contributed by atoms with E-state index < -0.39 is 54.0 Å². The van der Waals surface area contributed by atoms with Crippen molar-refractivity contribution in [2.75, 3.05) is 18.6 Å². The Hall–Kier alpha value is -3.37. The van der Waals surface area contributed by atoms with Crippen molar-refractivity contribution in [3.05, 3.63) is 18.2 Å². The first-order chi connectivity index (χ1) is 17.5. The van der Waals surface area contributed by atoms with Crippen molar-refractivity contribution >= 4 is 41.4 Å². The number of aliphatic carboxylic acids is 1. The summed E-state index contributed by atoms with van der Waals surface area (Å²) in [5.41, 5.74) is 17.1. The van der Waals surface area contributed by atoms with Gasteiger partial charge in [-0.15, -0.1) is 0 Å². The zero-order valence-electron chi connectivity index (χ0n) is 20.8. The van der Waals surface area contributed by atoms with Crippen LogP contribution in [0.5, 0.6) is 0 Å². The molecule has 37 heavy (non-hydrogen) atoms. The molecule has 1 heterocycles. The van der Waals surface area contributed by atoms with E-state index in [0.29, 0.717) is 17.9 Å². The molecule has 3 amide bonds. The van der Waals surface area contributed by atoms with Gasteiger partial charge in [0.1, 0.15) is 12.1 Å². The fraction of sp³-hybridized carbons (Fsp3) is 0.619. The first kappa shape index (κ1) is 31.7. The standard InChI is InChI=1S/C21H37N9O6S/c1-11(31)16(20(35)36)30-18(33)14(4-3-6-26-21(23)24)28-19(34)15(8-12-9-25-10-27-12)29-17(32)13(22)5-7-37-2/h9-11,13-16,31H,3-8,22H2,1-2H3,(H,25,27)(H,28,34)(H,29,32)(H,30,33)(H,35,36)(H4,23,24,26). The first-order valence-corrected chi connectivity index (χ1v) is 12.9. The van der Waals surface area contributed by atoms with E-state index in [4.69, 9.17) is 17.2 Å². The van der Waals surface area contributed by atoms with Gasteiger partial charge in [-0.05, 0) is 38.2 Å². The summed E-state index contributed by atoms with van der Waals surface area (Å²) >= 11 is 1.53. The molecule has 5 atom stereocenters. The van der Waals surface area contributed by atoms with Crippen LogP contribution in [-0.2, 0) is 25.6 Å². The van der Waals surface area contributed by atoms with Crippen LogP contribution in [0.1, 0.15) is 31.9 Å². The maximum absolute atomic E-state index is 13.2. The molecule has 1 aromatic rings. The number of aliphatic imine (C=N–C) groups is 1. The summed E-state index contributed by atoms with van der Waals surface area (Å²) in [5.74, 6) is -3.02. The molecule has 0 bridgehead atoms. The number of H-pyrrole nitrogens is 1. The normalized spacial score (nSPS) is 14.9. The van der Waals surface area contributed by atoms with Crippen molar-refractivity contribution in [2.24, 2.45) is 22.2 Å². The van der Waals surface area contributed by atoms with E-state index in [0.717, 1.165) is 0 Å². The summed E-state index contributed by atoms with van der Waals surface area (Å²) < 4.78 is 0. The molecule has 15 nitrogen and oxygen atoms in total. The lowest BCUT2D eigenvalue weighted by Gasteiger charge is -2.25. The van der Waals surface area contributed by atoms with Crippen molar-refractivity contribution in [1.82, 2.24) is 25.9 Å². The van der Waals surface area contributed by atoms with Crippen LogP contribution in [0.4, 0.5) is 0 Å². The number of amides is 3. The van der Waals surface area contributed by atoms with Crippen molar-refractivity contribution in [3.63, 3.8) is 0 Å².